The smallest absolute Gasteiger partial charge is 0.230 e. The third-order valence-electron chi connectivity index (χ3n) is 3.65. The molecule has 4 N–H and O–H groups in total. The Kier molecular flexibility index (Phi) is 2.75. The van der Waals surface area contributed by atoms with Crippen LogP contribution in [0.15, 0.2) is 18.3 Å². The van der Waals surface area contributed by atoms with E-state index in [-0.39, 0.29) is 11.9 Å². The molecule has 0 radical (unpaired) electrons. The molecule has 21 heavy (non-hydrogen) atoms. The van der Waals surface area contributed by atoms with E-state index in [9.17, 15) is 10.2 Å². The van der Waals surface area contributed by atoms with Crippen LogP contribution in [-0.4, -0.2) is 32.8 Å². The van der Waals surface area contributed by atoms with Gasteiger partial charge in [0, 0.05) is 22.7 Å². The van der Waals surface area contributed by atoms with Gasteiger partial charge in [0.25, 0.3) is 0 Å². The predicted molar refractivity (Wildman–Crippen MR) is 82.6 cm³/mol. The molecule has 0 aliphatic carbocycles. The molecule has 2 aromatic heterocycles. The molecule has 0 spiro atoms. The number of thiophene rings is 1. The van der Waals surface area contributed by atoms with Crippen molar-refractivity contribution in [2.24, 2.45) is 0 Å². The molecule has 0 saturated heterocycles. The van der Waals surface area contributed by atoms with E-state index in [2.05, 4.69) is 20.6 Å². The zero-order chi connectivity index (χ0) is 14.6. The number of aliphatic hydroxyl groups is 1. The van der Waals surface area contributed by atoms with E-state index in [1.807, 2.05) is 19.1 Å². The maximum Gasteiger partial charge on any atom is 0.230 e. The number of benzene rings is 1. The van der Waals surface area contributed by atoms with Crippen molar-refractivity contribution in [3.8, 4) is 5.88 Å². The summed E-state index contributed by atoms with van der Waals surface area (Å²) in [6.07, 6.45) is 0.655. The van der Waals surface area contributed by atoms with Crippen molar-refractivity contribution in [3.63, 3.8) is 0 Å². The minimum Gasteiger partial charge on any atom is -0.492 e. The first kappa shape index (κ1) is 12.8. The lowest BCUT2D eigenvalue weighted by Crippen LogP contribution is -2.32. The summed E-state index contributed by atoms with van der Waals surface area (Å²) in [6.45, 7) is 2.74. The summed E-state index contributed by atoms with van der Waals surface area (Å²) < 4.78 is 1.04. The minimum atomic E-state index is -0.692. The Morgan fingerprint density at radius 2 is 2.24 bits per heavy atom. The van der Waals surface area contributed by atoms with Gasteiger partial charge in [0.15, 0.2) is 0 Å². The lowest BCUT2D eigenvalue weighted by Gasteiger charge is -2.13. The van der Waals surface area contributed by atoms with Crippen molar-refractivity contribution >= 4 is 38.1 Å². The number of fused-ring (bicyclic) bond motifs is 5. The van der Waals surface area contributed by atoms with Crippen LogP contribution in [0.3, 0.4) is 0 Å². The topological polar surface area (TPSA) is 90.3 Å². The second-order valence-electron chi connectivity index (χ2n) is 5.23. The molecular formula is C14H14N4O2S. The fourth-order valence-corrected chi connectivity index (χ4v) is 3.83. The number of rotatable bonds is 0. The summed E-state index contributed by atoms with van der Waals surface area (Å²) in [4.78, 5) is 9.28. The maximum atomic E-state index is 10.3. The van der Waals surface area contributed by atoms with Crippen molar-refractivity contribution in [3.05, 3.63) is 23.2 Å². The van der Waals surface area contributed by atoms with E-state index < -0.39 is 6.23 Å². The molecule has 0 bridgehead atoms. The number of aliphatic hydroxyl groups excluding tert-OH is 1. The second kappa shape index (κ2) is 4.52. The van der Waals surface area contributed by atoms with E-state index in [0.717, 1.165) is 32.7 Å². The van der Waals surface area contributed by atoms with Crippen LogP contribution in [-0.2, 0) is 0 Å². The van der Waals surface area contributed by atoms with Gasteiger partial charge in [0.2, 0.25) is 5.88 Å². The SMILES string of the molecule is C[C@@H]1CNc2c(sc3ccc4nc(O)cnc4c23)C(O)N1. The van der Waals surface area contributed by atoms with Crippen molar-refractivity contribution in [2.75, 3.05) is 11.9 Å². The molecule has 2 atom stereocenters. The Balaban J connectivity index is 2.05. The molecule has 0 amide bonds. The monoisotopic (exact) mass is 302 g/mol. The average Bonchev–Trinajstić information content (AvgIpc) is 2.77. The van der Waals surface area contributed by atoms with E-state index in [1.165, 1.54) is 17.5 Å². The van der Waals surface area contributed by atoms with E-state index in [0.29, 0.717) is 5.52 Å². The summed E-state index contributed by atoms with van der Waals surface area (Å²) in [6, 6.07) is 3.95. The van der Waals surface area contributed by atoms with Crippen LogP contribution in [0.4, 0.5) is 5.69 Å². The normalized spacial score (nSPS) is 22.0. The lowest BCUT2D eigenvalue weighted by molar-refractivity contribution is 0.134. The largest absolute Gasteiger partial charge is 0.492 e. The van der Waals surface area contributed by atoms with Gasteiger partial charge in [0.1, 0.15) is 6.23 Å². The van der Waals surface area contributed by atoms with Gasteiger partial charge in [-0.25, -0.2) is 9.97 Å². The first-order valence-corrected chi connectivity index (χ1v) is 7.54. The van der Waals surface area contributed by atoms with Gasteiger partial charge in [-0.05, 0) is 19.1 Å². The van der Waals surface area contributed by atoms with Crippen LogP contribution < -0.4 is 10.6 Å². The Morgan fingerprint density at radius 1 is 1.38 bits per heavy atom. The van der Waals surface area contributed by atoms with Gasteiger partial charge >= 0.3 is 0 Å². The highest BCUT2D eigenvalue weighted by Gasteiger charge is 2.25. The third kappa shape index (κ3) is 1.93. The van der Waals surface area contributed by atoms with E-state index >= 15 is 0 Å². The molecule has 1 unspecified atom stereocenters. The van der Waals surface area contributed by atoms with E-state index in [4.69, 9.17) is 0 Å². The van der Waals surface area contributed by atoms with Crippen LogP contribution in [0.1, 0.15) is 18.0 Å². The molecule has 0 fully saturated rings. The predicted octanol–water partition coefficient (Wildman–Crippen LogP) is 1.94. The molecule has 3 heterocycles. The summed E-state index contributed by atoms with van der Waals surface area (Å²) >= 11 is 1.54. The highest BCUT2D eigenvalue weighted by Crippen LogP contribution is 2.42. The van der Waals surface area contributed by atoms with E-state index in [1.54, 1.807) is 0 Å². The van der Waals surface area contributed by atoms with Gasteiger partial charge in [-0.3, -0.25) is 5.32 Å². The fraction of sp³-hybridized carbons (Fsp3) is 0.286. The first-order valence-electron chi connectivity index (χ1n) is 6.72. The van der Waals surface area contributed by atoms with Crippen molar-refractivity contribution in [1.82, 2.24) is 15.3 Å². The Bertz CT molecular complexity index is 848. The van der Waals surface area contributed by atoms with Crippen LogP contribution in [0.5, 0.6) is 5.88 Å². The average molecular weight is 302 g/mol. The molecule has 7 heteroatoms. The summed E-state index contributed by atoms with van der Waals surface area (Å²) in [5, 5.41) is 27.3. The standard InChI is InChI=1S/C14H14N4O2S/c1-6-4-15-12-10-8(21-13(12)14(20)17-6)3-2-7-11(10)16-5-9(19)18-7/h2-3,5-6,14-15,17,20H,4H2,1H3,(H,18,19)/t6-,14?/m1/s1. The molecule has 1 aliphatic rings. The summed E-state index contributed by atoms with van der Waals surface area (Å²) in [5.41, 5.74) is 2.28. The molecule has 4 rings (SSSR count). The number of hydrogen-bond donors (Lipinski definition) is 4. The molecule has 108 valence electrons. The molecule has 1 aliphatic heterocycles. The quantitative estimate of drug-likeness (QED) is 0.507. The number of aromatic hydroxyl groups is 1. The zero-order valence-corrected chi connectivity index (χ0v) is 12.1. The Morgan fingerprint density at radius 3 is 3.10 bits per heavy atom. The van der Waals surface area contributed by atoms with Crippen LogP contribution in [0.25, 0.3) is 21.1 Å². The minimum absolute atomic E-state index is 0.0912. The lowest BCUT2D eigenvalue weighted by atomic mass is 10.1. The molecule has 3 aromatic rings. The number of nitrogens with zero attached hydrogens (tertiary/aromatic N) is 2. The van der Waals surface area contributed by atoms with Gasteiger partial charge in [0.05, 0.1) is 27.8 Å². The van der Waals surface area contributed by atoms with Crippen molar-refractivity contribution in [2.45, 2.75) is 19.2 Å². The highest BCUT2D eigenvalue weighted by atomic mass is 32.1. The van der Waals surface area contributed by atoms with Gasteiger partial charge < -0.3 is 15.5 Å². The summed E-state index contributed by atoms with van der Waals surface area (Å²) in [7, 11) is 0. The van der Waals surface area contributed by atoms with Gasteiger partial charge in [-0.2, -0.15) is 0 Å². The molecule has 6 nitrogen and oxygen atoms in total. The number of nitrogens with one attached hydrogen (secondary N) is 2. The first-order chi connectivity index (χ1) is 10.1. The number of anilines is 1. The Labute approximate surface area is 124 Å². The van der Waals surface area contributed by atoms with Crippen LogP contribution in [0, 0.1) is 0 Å². The van der Waals surface area contributed by atoms with Crippen LogP contribution >= 0.6 is 11.3 Å². The fourth-order valence-electron chi connectivity index (χ4n) is 2.70. The maximum absolute atomic E-state index is 10.3. The third-order valence-corrected chi connectivity index (χ3v) is 4.86. The van der Waals surface area contributed by atoms with Gasteiger partial charge in [-0.15, -0.1) is 11.3 Å². The molecular weight excluding hydrogens is 288 g/mol. The van der Waals surface area contributed by atoms with Crippen molar-refractivity contribution in [1.29, 1.82) is 0 Å². The number of hydrogen-bond acceptors (Lipinski definition) is 7. The Hall–Kier alpha value is -1.96. The second-order valence-corrected chi connectivity index (χ2v) is 6.31. The zero-order valence-electron chi connectivity index (χ0n) is 11.3. The molecule has 1 aromatic carbocycles. The van der Waals surface area contributed by atoms with Crippen LogP contribution in [0.2, 0.25) is 0 Å². The molecule has 0 saturated carbocycles. The van der Waals surface area contributed by atoms with Gasteiger partial charge in [-0.1, -0.05) is 0 Å². The highest BCUT2D eigenvalue weighted by molar-refractivity contribution is 7.20. The van der Waals surface area contributed by atoms with Crippen molar-refractivity contribution < 1.29 is 10.2 Å². The summed E-state index contributed by atoms with van der Waals surface area (Å²) in [5.74, 6) is -0.0912. The number of aromatic nitrogens is 2.